The lowest BCUT2D eigenvalue weighted by molar-refractivity contribution is 0.266. The first-order chi connectivity index (χ1) is 15.0. The predicted molar refractivity (Wildman–Crippen MR) is 125 cm³/mol. The van der Waals surface area contributed by atoms with Crippen LogP contribution in [0.2, 0.25) is 0 Å². The number of hydrogen-bond donors (Lipinski definition) is 1. The van der Waals surface area contributed by atoms with Crippen LogP contribution in [0.1, 0.15) is 34.7 Å². The van der Waals surface area contributed by atoms with Crippen LogP contribution in [0.4, 0.5) is 10.1 Å². The Morgan fingerprint density at radius 1 is 1.00 bits per heavy atom. The molecule has 0 amide bonds. The van der Waals surface area contributed by atoms with E-state index in [1.807, 2.05) is 25.1 Å². The number of aryl methyl sites for hydroxylation is 2. The molecule has 0 spiro atoms. The zero-order valence-electron chi connectivity index (χ0n) is 18.5. The van der Waals surface area contributed by atoms with Crippen LogP contribution < -0.4 is 14.8 Å². The van der Waals surface area contributed by atoms with Gasteiger partial charge >= 0.3 is 0 Å². The summed E-state index contributed by atoms with van der Waals surface area (Å²) in [6.45, 7) is 11.5. The highest BCUT2D eigenvalue weighted by molar-refractivity contribution is 5.55. The van der Waals surface area contributed by atoms with Gasteiger partial charge in [0.25, 0.3) is 0 Å². The highest BCUT2D eigenvalue weighted by Crippen LogP contribution is 2.35. The van der Waals surface area contributed by atoms with E-state index in [1.165, 1.54) is 23.3 Å². The number of allylic oxidation sites excluding steroid dienone is 1. The number of rotatable bonds is 10. The third-order valence-electron chi connectivity index (χ3n) is 5.00. The Balaban J connectivity index is 1.86. The molecule has 0 fully saturated rings. The Labute approximate surface area is 184 Å². The van der Waals surface area contributed by atoms with Gasteiger partial charge in [0.15, 0.2) is 11.5 Å². The fourth-order valence-electron chi connectivity index (χ4n) is 3.46. The molecule has 0 unspecified atom stereocenters. The molecule has 0 heterocycles. The van der Waals surface area contributed by atoms with Crippen LogP contribution in [0.25, 0.3) is 0 Å². The summed E-state index contributed by atoms with van der Waals surface area (Å²) in [5.74, 6) is 1.10. The summed E-state index contributed by atoms with van der Waals surface area (Å²) in [6.07, 6.45) is 2.50. The van der Waals surface area contributed by atoms with Crippen molar-refractivity contribution in [2.75, 3.05) is 11.9 Å². The maximum Gasteiger partial charge on any atom is 0.165 e. The zero-order valence-corrected chi connectivity index (χ0v) is 18.5. The highest BCUT2D eigenvalue weighted by Gasteiger charge is 2.14. The summed E-state index contributed by atoms with van der Waals surface area (Å²) in [7, 11) is 0. The Kier molecular flexibility index (Phi) is 7.71. The summed E-state index contributed by atoms with van der Waals surface area (Å²) in [5.41, 5.74) is 6.41. The fourth-order valence-corrected chi connectivity index (χ4v) is 3.46. The Bertz CT molecular complexity index is 1050. The van der Waals surface area contributed by atoms with Crippen molar-refractivity contribution < 1.29 is 13.9 Å². The molecule has 0 radical (unpaired) electrons. The normalized spacial score (nSPS) is 10.6. The molecule has 3 rings (SSSR count). The standard InChI is InChI=1S/C27H30FNO2/c1-5-8-23-14-22(17-29-25-13-19(3)11-12-20(25)4)16-26(30-6-2)27(23)31-18-21-9-7-10-24(28)15-21/h5,7,9-16,29H,1,6,8,17-18H2,2-4H3. The maximum absolute atomic E-state index is 13.5. The Morgan fingerprint density at radius 2 is 1.84 bits per heavy atom. The molecule has 0 saturated carbocycles. The van der Waals surface area contributed by atoms with E-state index in [9.17, 15) is 4.39 Å². The van der Waals surface area contributed by atoms with Gasteiger partial charge in [0.05, 0.1) is 6.61 Å². The molecule has 0 aliphatic heterocycles. The second-order valence-corrected chi connectivity index (χ2v) is 7.60. The largest absolute Gasteiger partial charge is 0.490 e. The van der Waals surface area contributed by atoms with E-state index in [0.717, 1.165) is 22.4 Å². The van der Waals surface area contributed by atoms with Crippen molar-refractivity contribution in [3.05, 3.63) is 101 Å². The van der Waals surface area contributed by atoms with Crippen molar-refractivity contribution in [3.8, 4) is 11.5 Å². The molecule has 1 N–H and O–H groups in total. The molecule has 4 heteroatoms. The van der Waals surface area contributed by atoms with Gasteiger partial charge in [-0.2, -0.15) is 0 Å². The molecule has 0 aromatic heterocycles. The second kappa shape index (κ2) is 10.7. The number of benzene rings is 3. The highest BCUT2D eigenvalue weighted by atomic mass is 19.1. The summed E-state index contributed by atoms with van der Waals surface area (Å²) in [4.78, 5) is 0. The lowest BCUT2D eigenvalue weighted by atomic mass is 10.0. The van der Waals surface area contributed by atoms with Gasteiger partial charge in [-0.25, -0.2) is 4.39 Å². The van der Waals surface area contributed by atoms with Gasteiger partial charge in [-0.15, -0.1) is 6.58 Å². The predicted octanol–water partition coefficient (Wildman–Crippen LogP) is 6.76. The van der Waals surface area contributed by atoms with Crippen LogP contribution in [0.5, 0.6) is 11.5 Å². The molecule has 0 aliphatic rings. The maximum atomic E-state index is 13.5. The Morgan fingerprint density at radius 3 is 2.58 bits per heavy atom. The van der Waals surface area contributed by atoms with Gasteiger partial charge in [0.2, 0.25) is 0 Å². The number of nitrogens with one attached hydrogen (secondary N) is 1. The van der Waals surface area contributed by atoms with Crippen molar-refractivity contribution in [2.24, 2.45) is 0 Å². The summed E-state index contributed by atoms with van der Waals surface area (Å²) < 4.78 is 25.5. The lowest BCUT2D eigenvalue weighted by Gasteiger charge is -2.18. The van der Waals surface area contributed by atoms with Gasteiger partial charge in [-0.3, -0.25) is 0 Å². The number of anilines is 1. The van der Waals surface area contributed by atoms with Crippen LogP contribution >= 0.6 is 0 Å². The van der Waals surface area contributed by atoms with E-state index in [0.29, 0.717) is 31.1 Å². The van der Waals surface area contributed by atoms with Crippen molar-refractivity contribution in [3.63, 3.8) is 0 Å². The van der Waals surface area contributed by atoms with Gasteiger partial charge in [0, 0.05) is 17.8 Å². The molecule has 0 aliphatic carbocycles. The van der Waals surface area contributed by atoms with Crippen molar-refractivity contribution >= 4 is 5.69 Å². The second-order valence-electron chi connectivity index (χ2n) is 7.60. The van der Waals surface area contributed by atoms with Crippen LogP contribution in [0.15, 0.2) is 67.3 Å². The lowest BCUT2D eigenvalue weighted by Crippen LogP contribution is -2.06. The SMILES string of the molecule is C=CCc1cc(CNc2cc(C)ccc2C)cc(OCC)c1OCc1cccc(F)c1. The number of ether oxygens (including phenoxy) is 2. The molecule has 0 atom stereocenters. The van der Waals surface area contributed by atoms with Crippen molar-refractivity contribution in [2.45, 2.75) is 40.3 Å². The zero-order chi connectivity index (χ0) is 22.2. The molecule has 0 bridgehead atoms. The first-order valence-electron chi connectivity index (χ1n) is 10.6. The van der Waals surface area contributed by atoms with Crippen LogP contribution in [-0.2, 0) is 19.6 Å². The third-order valence-corrected chi connectivity index (χ3v) is 5.00. The average Bonchev–Trinajstić information content (AvgIpc) is 2.74. The van der Waals surface area contributed by atoms with Gasteiger partial charge < -0.3 is 14.8 Å². The van der Waals surface area contributed by atoms with Gasteiger partial charge in [-0.1, -0.05) is 30.3 Å². The van der Waals surface area contributed by atoms with E-state index < -0.39 is 0 Å². The minimum Gasteiger partial charge on any atom is -0.490 e. The van der Waals surface area contributed by atoms with Crippen LogP contribution in [0, 0.1) is 19.7 Å². The monoisotopic (exact) mass is 419 g/mol. The first-order valence-corrected chi connectivity index (χ1v) is 10.6. The minimum atomic E-state index is -0.273. The molecule has 3 aromatic rings. The topological polar surface area (TPSA) is 30.5 Å². The van der Waals surface area contributed by atoms with E-state index >= 15 is 0 Å². The first kappa shape index (κ1) is 22.4. The Hall–Kier alpha value is -3.27. The molecular formula is C27H30FNO2. The smallest absolute Gasteiger partial charge is 0.165 e. The van der Waals surface area contributed by atoms with E-state index in [1.54, 1.807) is 6.07 Å². The van der Waals surface area contributed by atoms with Gasteiger partial charge in [0.1, 0.15) is 12.4 Å². The quantitative estimate of drug-likeness (QED) is 0.368. The molecule has 31 heavy (non-hydrogen) atoms. The average molecular weight is 420 g/mol. The van der Waals surface area contributed by atoms with Crippen molar-refractivity contribution in [1.82, 2.24) is 0 Å². The van der Waals surface area contributed by atoms with Crippen LogP contribution in [0.3, 0.4) is 0 Å². The van der Waals surface area contributed by atoms with E-state index in [-0.39, 0.29) is 12.4 Å². The molecule has 3 aromatic carbocycles. The van der Waals surface area contributed by atoms with E-state index in [4.69, 9.17) is 9.47 Å². The minimum absolute atomic E-state index is 0.266. The van der Waals surface area contributed by atoms with Gasteiger partial charge in [-0.05, 0) is 79.8 Å². The molecular weight excluding hydrogens is 389 g/mol. The molecule has 162 valence electrons. The van der Waals surface area contributed by atoms with Crippen molar-refractivity contribution in [1.29, 1.82) is 0 Å². The third kappa shape index (κ3) is 6.11. The fraction of sp³-hybridized carbons (Fsp3) is 0.259. The number of halogens is 1. The molecule has 3 nitrogen and oxygen atoms in total. The summed E-state index contributed by atoms with van der Waals surface area (Å²) >= 11 is 0. The molecule has 0 saturated heterocycles. The van der Waals surface area contributed by atoms with Crippen LogP contribution in [-0.4, -0.2) is 6.61 Å². The van der Waals surface area contributed by atoms with E-state index in [2.05, 4.69) is 50.0 Å². The number of hydrogen-bond acceptors (Lipinski definition) is 3. The summed E-state index contributed by atoms with van der Waals surface area (Å²) in [5, 5.41) is 3.53. The summed E-state index contributed by atoms with van der Waals surface area (Å²) in [6, 6.07) is 16.9.